The van der Waals surface area contributed by atoms with Crippen molar-refractivity contribution in [1.29, 1.82) is 0 Å². The summed E-state index contributed by atoms with van der Waals surface area (Å²) >= 11 is 1.44. The third kappa shape index (κ3) is 2.25. The predicted molar refractivity (Wildman–Crippen MR) is 84.4 cm³/mol. The van der Waals surface area contributed by atoms with Crippen LogP contribution in [-0.2, 0) is 0 Å². The molecule has 0 atom stereocenters. The van der Waals surface area contributed by atoms with E-state index in [9.17, 15) is 4.79 Å². The van der Waals surface area contributed by atoms with E-state index in [1.165, 1.54) is 17.3 Å². The van der Waals surface area contributed by atoms with Gasteiger partial charge < -0.3 is 4.42 Å². The Bertz CT molecular complexity index is 834. The van der Waals surface area contributed by atoms with Gasteiger partial charge in [0.2, 0.25) is 0 Å². The van der Waals surface area contributed by atoms with Gasteiger partial charge in [0.1, 0.15) is 5.58 Å². The van der Waals surface area contributed by atoms with Crippen molar-refractivity contribution in [2.45, 2.75) is 12.0 Å². The van der Waals surface area contributed by atoms with Crippen molar-refractivity contribution in [3.8, 4) is 11.1 Å². The largest absolute Gasteiger partial charge is 0.449 e. The normalized spacial score (nSPS) is 10.9. The Kier molecular flexibility index (Phi) is 3.36. The van der Waals surface area contributed by atoms with E-state index in [0.29, 0.717) is 16.1 Å². The average molecular weight is 282 g/mol. The maximum Gasteiger partial charge on any atom is 0.193 e. The molecule has 2 nitrogen and oxygen atoms in total. The van der Waals surface area contributed by atoms with Crippen LogP contribution in [0.5, 0.6) is 0 Å². The Balaban J connectivity index is 2.36. The standard InChI is InChI=1S/C17H14O2S/c1-11-5-3-6-12(9-11)13-7-4-8-14-15(18)10-16(20-2)19-17(13)14/h3-10H,1-2H3. The summed E-state index contributed by atoms with van der Waals surface area (Å²) in [7, 11) is 0. The van der Waals surface area contributed by atoms with Gasteiger partial charge in [-0.3, -0.25) is 4.79 Å². The van der Waals surface area contributed by atoms with E-state index in [2.05, 4.69) is 19.1 Å². The molecule has 0 saturated heterocycles. The summed E-state index contributed by atoms with van der Waals surface area (Å²) in [4.78, 5) is 12.1. The van der Waals surface area contributed by atoms with Crippen molar-refractivity contribution < 1.29 is 4.42 Å². The van der Waals surface area contributed by atoms with E-state index in [0.717, 1.165) is 11.1 Å². The number of rotatable bonds is 2. The summed E-state index contributed by atoms with van der Waals surface area (Å²) in [6.07, 6.45) is 1.90. The zero-order valence-corrected chi connectivity index (χ0v) is 12.2. The predicted octanol–water partition coefficient (Wildman–Crippen LogP) is 4.49. The number of hydrogen-bond acceptors (Lipinski definition) is 3. The Morgan fingerprint density at radius 2 is 1.85 bits per heavy atom. The van der Waals surface area contributed by atoms with Crippen molar-refractivity contribution in [3.05, 3.63) is 64.3 Å². The minimum absolute atomic E-state index is 0.00473. The molecule has 3 aromatic rings. The van der Waals surface area contributed by atoms with Gasteiger partial charge in [-0.05, 0) is 24.8 Å². The van der Waals surface area contributed by atoms with Crippen molar-refractivity contribution in [2.24, 2.45) is 0 Å². The summed E-state index contributed by atoms with van der Waals surface area (Å²) in [5.41, 5.74) is 3.87. The van der Waals surface area contributed by atoms with Crippen LogP contribution in [0, 0.1) is 6.92 Å². The van der Waals surface area contributed by atoms with E-state index in [1.807, 2.05) is 36.6 Å². The second kappa shape index (κ2) is 5.17. The monoisotopic (exact) mass is 282 g/mol. The molecule has 0 unspecified atom stereocenters. The maximum atomic E-state index is 12.1. The second-order valence-electron chi connectivity index (χ2n) is 4.69. The molecule has 20 heavy (non-hydrogen) atoms. The van der Waals surface area contributed by atoms with Crippen LogP contribution in [0.25, 0.3) is 22.1 Å². The molecule has 1 heterocycles. The first kappa shape index (κ1) is 13.0. The summed E-state index contributed by atoms with van der Waals surface area (Å²) < 4.78 is 5.88. The molecule has 0 aliphatic rings. The van der Waals surface area contributed by atoms with Crippen molar-refractivity contribution >= 4 is 22.7 Å². The molecule has 2 aromatic carbocycles. The Hall–Kier alpha value is -2.00. The van der Waals surface area contributed by atoms with Crippen LogP contribution in [0.4, 0.5) is 0 Å². The molecule has 0 aliphatic heterocycles. The van der Waals surface area contributed by atoms with E-state index in [4.69, 9.17) is 4.42 Å². The van der Waals surface area contributed by atoms with Crippen molar-refractivity contribution in [3.63, 3.8) is 0 Å². The lowest BCUT2D eigenvalue weighted by atomic mass is 10.0. The fourth-order valence-corrected chi connectivity index (χ4v) is 2.69. The smallest absolute Gasteiger partial charge is 0.193 e. The molecule has 3 heteroatoms. The highest BCUT2D eigenvalue weighted by atomic mass is 32.2. The molecule has 0 saturated carbocycles. The molecule has 0 radical (unpaired) electrons. The lowest BCUT2D eigenvalue weighted by Gasteiger charge is -2.07. The molecule has 0 N–H and O–H groups in total. The average Bonchev–Trinajstić information content (AvgIpc) is 2.46. The van der Waals surface area contributed by atoms with E-state index >= 15 is 0 Å². The highest BCUT2D eigenvalue weighted by Crippen LogP contribution is 2.30. The van der Waals surface area contributed by atoms with Crippen LogP contribution in [0.15, 0.2) is 62.8 Å². The number of benzene rings is 2. The zero-order chi connectivity index (χ0) is 14.1. The SMILES string of the molecule is CSc1cc(=O)c2cccc(-c3cccc(C)c3)c2o1. The van der Waals surface area contributed by atoms with Crippen molar-refractivity contribution in [1.82, 2.24) is 0 Å². The van der Waals surface area contributed by atoms with Gasteiger partial charge in [0.05, 0.1) is 5.39 Å². The van der Waals surface area contributed by atoms with Gasteiger partial charge in [0.25, 0.3) is 0 Å². The third-order valence-corrected chi connectivity index (χ3v) is 3.87. The summed E-state index contributed by atoms with van der Waals surface area (Å²) in [5, 5.41) is 1.27. The van der Waals surface area contributed by atoms with Crippen LogP contribution < -0.4 is 5.43 Å². The highest BCUT2D eigenvalue weighted by molar-refractivity contribution is 7.98. The number of hydrogen-bond donors (Lipinski definition) is 0. The minimum Gasteiger partial charge on any atom is -0.449 e. The zero-order valence-electron chi connectivity index (χ0n) is 11.3. The van der Waals surface area contributed by atoms with Gasteiger partial charge in [0, 0.05) is 11.6 Å². The lowest BCUT2D eigenvalue weighted by Crippen LogP contribution is -2.00. The second-order valence-corrected chi connectivity index (χ2v) is 5.50. The topological polar surface area (TPSA) is 30.2 Å². The van der Waals surface area contributed by atoms with E-state index in [1.54, 1.807) is 6.07 Å². The van der Waals surface area contributed by atoms with Crippen LogP contribution >= 0.6 is 11.8 Å². The first-order valence-electron chi connectivity index (χ1n) is 6.37. The summed E-state index contributed by atoms with van der Waals surface area (Å²) in [6.45, 7) is 2.05. The Labute approximate surface area is 121 Å². The molecular formula is C17H14O2S. The fraction of sp³-hybridized carbons (Fsp3) is 0.118. The van der Waals surface area contributed by atoms with Gasteiger partial charge in [-0.1, -0.05) is 53.7 Å². The fourth-order valence-electron chi connectivity index (χ4n) is 2.30. The van der Waals surface area contributed by atoms with Crippen LogP contribution in [0.2, 0.25) is 0 Å². The Morgan fingerprint density at radius 1 is 1.05 bits per heavy atom. The number of aryl methyl sites for hydroxylation is 1. The van der Waals surface area contributed by atoms with Gasteiger partial charge in [-0.2, -0.15) is 0 Å². The van der Waals surface area contributed by atoms with E-state index in [-0.39, 0.29) is 5.43 Å². The molecular weight excluding hydrogens is 268 g/mol. The molecule has 0 spiro atoms. The molecule has 3 rings (SSSR count). The van der Waals surface area contributed by atoms with Gasteiger partial charge in [-0.25, -0.2) is 0 Å². The van der Waals surface area contributed by atoms with Gasteiger partial charge >= 0.3 is 0 Å². The summed E-state index contributed by atoms with van der Waals surface area (Å²) in [5.74, 6) is 0. The number of fused-ring (bicyclic) bond motifs is 1. The molecule has 0 fully saturated rings. The molecule has 0 amide bonds. The molecule has 0 aliphatic carbocycles. The van der Waals surface area contributed by atoms with Crippen LogP contribution in [0.1, 0.15) is 5.56 Å². The molecule has 1 aromatic heterocycles. The lowest BCUT2D eigenvalue weighted by molar-refractivity contribution is 0.501. The van der Waals surface area contributed by atoms with Crippen LogP contribution in [-0.4, -0.2) is 6.26 Å². The molecule has 0 bridgehead atoms. The van der Waals surface area contributed by atoms with Gasteiger partial charge in [-0.15, -0.1) is 0 Å². The quantitative estimate of drug-likeness (QED) is 0.649. The van der Waals surface area contributed by atoms with E-state index < -0.39 is 0 Å². The third-order valence-electron chi connectivity index (χ3n) is 3.26. The first-order chi connectivity index (χ1) is 9.69. The summed E-state index contributed by atoms with van der Waals surface area (Å²) in [6, 6.07) is 15.4. The minimum atomic E-state index is 0.00473. The maximum absolute atomic E-state index is 12.1. The first-order valence-corrected chi connectivity index (χ1v) is 7.59. The molecule has 100 valence electrons. The number of thioether (sulfide) groups is 1. The van der Waals surface area contributed by atoms with Gasteiger partial charge in [0.15, 0.2) is 10.5 Å². The highest BCUT2D eigenvalue weighted by Gasteiger charge is 2.10. The Morgan fingerprint density at radius 3 is 2.60 bits per heavy atom. The number of para-hydroxylation sites is 1. The van der Waals surface area contributed by atoms with Crippen LogP contribution in [0.3, 0.4) is 0 Å². The van der Waals surface area contributed by atoms with Crippen molar-refractivity contribution in [2.75, 3.05) is 6.26 Å².